The highest BCUT2D eigenvalue weighted by Crippen LogP contribution is 2.32. The molecule has 0 heterocycles. The predicted octanol–water partition coefficient (Wildman–Crippen LogP) is 3.77. The van der Waals surface area contributed by atoms with Gasteiger partial charge < -0.3 is 21.1 Å². The summed E-state index contributed by atoms with van der Waals surface area (Å²) in [5, 5.41) is 17.3. The third kappa shape index (κ3) is 5.07. The molecule has 1 aliphatic rings. The summed E-state index contributed by atoms with van der Waals surface area (Å²) in [6.07, 6.45) is 1.45. The van der Waals surface area contributed by atoms with Gasteiger partial charge in [0.1, 0.15) is 0 Å². The average Bonchev–Trinajstić information content (AvgIpc) is 3.13. The maximum Gasteiger partial charge on any atom is 0.323 e. The van der Waals surface area contributed by atoms with Gasteiger partial charge in [0.15, 0.2) is 0 Å². The Kier molecular flexibility index (Phi) is 5.71. The number of aliphatic carboxylic acids is 1. The second-order valence-corrected chi connectivity index (χ2v) is 6.56. The Labute approximate surface area is 156 Å². The monoisotopic (exact) mass is 367 g/mol. The smallest absolute Gasteiger partial charge is 0.323 e. The molecule has 0 radical (unpaired) electrons. The molecule has 2 aromatic rings. The van der Waals surface area contributed by atoms with Crippen LogP contribution in [0.5, 0.6) is 0 Å². The van der Waals surface area contributed by atoms with Crippen molar-refractivity contribution < 1.29 is 19.5 Å². The molecule has 0 aromatic heterocycles. The number of anilines is 3. The number of hydrogen-bond donors (Lipinski definition) is 4. The summed E-state index contributed by atoms with van der Waals surface area (Å²) in [6, 6.07) is 15.5. The van der Waals surface area contributed by atoms with Gasteiger partial charge in [0, 0.05) is 23.0 Å². The zero-order valence-corrected chi connectivity index (χ0v) is 14.6. The number of amides is 3. The maximum absolute atomic E-state index is 12.4. The summed E-state index contributed by atoms with van der Waals surface area (Å²) in [6.45, 7) is 0. The Hall–Kier alpha value is -3.35. The van der Waals surface area contributed by atoms with E-state index in [2.05, 4.69) is 16.0 Å². The molecule has 3 rings (SSSR count). The molecule has 7 heteroatoms. The lowest BCUT2D eigenvalue weighted by atomic mass is 10.0. The minimum atomic E-state index is -0.846. The van der Waals surface area contributed by atoms with E-state index in [0.717, 1.165) is 0 Å². The molecule has 0 saturated heterocycles. The fraction of sp³-hybridized carbons (Fsp3) is 0.250. The van der Waals surface area contributed by atoms with Crippen LogP contribution >= 0.6 is 0 Å². The molecule has 2 aromatic carbocycles. The van der Waals surface area contributed by atoms with Gasteiger partial charge in [-0.1, -0.05) is 24.3 Å². The molecule has 3 amide bonds. The molecule has 0 unspecified atom stereocenters. The molecule has 27 heavy (non-hydrogen) atoms. The zero-order valence-electron chi connectivity index (χ0n) is 14.6. The number of rotatable bonds is 5. The summed E-state index contributed by atoms with van der Waals surface area (Å²) in [4.78, 5) is 35.4. The van der Waals surface area contributed by atoms with Crippen LogP contribution in [-0.2, 0) is 9.59 Å². The molecule has 4 N–H and O–H groups in total. The fourth-order valence-corrected chi connectivity index (χ4v) is 3.18. The lowest BCUT2D eigenvalue weighted by molar-refractivity contribution is -0.141. The highest BCUT2D eigenvalue weighted by molar-refractivity contribution is 6.00. The van der Waals surface area contributed by atoms with E-state index in [-0.39, 0.29) is 17.9 Å². The van der Waals surface area contributed by atoms with E-state index in [4.69, 9.17) is 5.11 Å². The van der Waals surface area contributed by atoms with Crippen LogP contribution in [0.3, 0.4) is 0 Å². The van der Waals surface area contributed by atoms with Gasteiger partial charge in [-0.3, -0.25) is 9.59 Å². The van der Waals surface area contributed by atoms with Crippen LogP contribution in [-0.4, -0.2) is 23.0 Å². The Morgan fingerprint density at radius 3 is 2.04 bits per heavy atom. The van der Waals surface area contributed by atoms with Gasteiger partial charge in [0.25, 0.3) is 0 Å². The summed E-state index contributed by atoms with van der Waals surface area (Å²) in [5.74, 6) is -1.79. The number of hydrogen-bond acceptors (Lipinski definition) is 3. The van der Waals surface area contributed by atoms with Gasteiger partial charge in [-0.2, -0.15) is 0 Å². The van der Waals surface area contributed by atoms with Gasteiger partial charge in [0.05, 0.1) is 5.92 Å². The molecule has 0 aliphatic heterocycles. The fourth-order valence-electron chi connectivity index (χ4n) is 3.18. The van der Waals surface area contributed by atoms with Gasteiger partial charge >= 0.3 is 12.0 Å². The minimum absolute atomic E-state index is 0.190. The van der Waals surface area contributed by atoms with E-state index in [1.807, 2.05) is 18.2 Å². The van der Waals surface area contributed by atoms with Crippen molar-refractivity contribution in [3.05, 3.63) is 54.6 Å². The van der Waals surface area contributed by atoms with Crippen LogP contribution in [0.25, 0.3) is 0 Å². The second-order valence-electron chi connectivity index (χ2n) is 6.56. The van der Waals surface area contributed by atoms with Crippen molar-refractivity contribution in [3.8, 4) is 0 Å². The second kappa shape index (κ2) is 8.35. The SMILES string of the molecule is O=C(Nc1ccccc1)Nc1cccc(NC(=O)[C@H]2CC[C@@H](C(=O)O)C2)c1. The number of benzene rings is 2. The summed E-state index contributed by atoms with van der Waals surface area (Å²) < 4.78 is 0. The summed E-state index contributed by atoms with van der Waals surface area (Å²) in [7, 11) is 0. The number of para-hydroxylation sites is 1. The standard InChI is InChI=1S/C20H21N3O4/c24-18(13-9-10-14(11-13)19(25)26)21-16-7-4-8-17(12-16)23-20(27)22-15-5-2-1-3-6-15/h1-8,12-14H,9-11H2,(H,21,24)(H,25,26)(H2,22,23,27)/t13-,14+/m0/s1. The van der Waals surface area contributed by atoms with Crippen LogP contribution in [0.1, 0.15) is 19.3 Å². The Morgan fingerprint density at radius 2 is 1.37 bits per heavy atom. The van der Waals surface area contributed by atoms with Gasteiger partial charge in [-0.25, -0.2) is 4.79 Å². The Balaban J connectivity index is 1.56. The number of urea groups is 1. The summed E-state index contributed by atoms with van der Waals surface area (Å²) in [5.41, 5.74) is 1.76. The van der Waals surface area contributed by atoms with Gasteiger partial charge in [-0.15, -0.1) is 0 Å². The van der Waals surface area contributed by atoms with E-state index in [9.17, 15) is 14.4 Å². The van der Waals surface area contributed by atoms with Crippen molar-refractivity contribution in [3.63, 3.8) is 0 Å². The predicted molar refractivity (Wildman–Crippen MR) is 103 cm³/mol. The largest absolute Gasteiger partial charge is 0.481 e. The van der Waals surface area contributed by atoms with Gasteiger partial charge in [-0.05, 0) is 49.6 Å². The lowest BCUT2D eigenvalue weighted by Crippen LogP contribution is -2.22. The normalized spacial score (nSPS) is 18.5. The number of carbonyl (C=O) groups is 3. The molecular formula is C20H21N3O4. The number of carboxylic acid groups (broad SMARTS) is 1. The maximum atomic E-state index is 12.4. The minimum Gasteiger partial charge on any atom is -0.481 e. The topological polar surface area (TPSA) is 108 Å². The zero-order chi connectivity index (χ0) is 19.2. The van der Waals surface area contributed by atoms with E-state index >= 15 is 0 Å². The Bertz CT molecular complexity index is 838. The molecule has 1 saturated carbocycles. The van der Waals surface area contributed by atoms with Crippen molar-refractivity contribution in [1.29, 1.82) is 0 Å². The Morgan fingerprint density at radius 1 is 0.778 bits per heavy atom. The summed E-state index contributed by atoms with van der Waals surface area (Å²) >= 11 is 0. The molecule has 0 bridgehead atoms. The molecule has 140 valence electrons. The first-order valence-electron chi connectivity index (χ1n) is 8.78. The molecule has 7 nitrogen and oxygen atoms in total. The van der Waals surface area contributed by atoms with Crippen LogP contribution < -0.4 is 16.0 Å². The lowest BCUT2D eigenvalue weighted by Gasteiger charge is -2.12. The van der Waals surface area contributed by atoms with Crippen molar-refractivity contribution in [1.82, 2.24) is 0 Å². The first kappa shape index (κ1) is 18.4. The van der Waals surface area contributed by atoms with E-state index in [0.29, 0.717) is 36.3 Å². The van der Waals surface area contributed by atoms with E-state index in [1.54, 1.807) is 36.4 Å². The van der Waals surface area contributed by atoms with Crippen molar-refractivity contribution in [2.45, 2.75) is 19.3 Å². The quantitative estimate of drug-likeness (QED) is 0.645. The average molecular weight is 367 g/mol. The third-order valence-electron chi connectivity index (χ3n) is 4.57. The highest BCUT2D eigenvalue weighted by Gasteiger charge is 2.33. The van der Waals surface area contributed by atoms with Crippen LogP contribution in [0.4, 0.5) is 21.9 Å². The van der Waals surface area contributed by atoms with Crippen LogP contribution in [0.15, 0.2) is 54.6 Å². The molecule has 0 spiro atoms. The first-order chi connectivity index (χ1) is 13.0. The van der Waals surface area contributed by atoms with E-state index < -0.39 is 11.9 Å². The van der Waals surface area contributed by atoms with E-state index in [1.165, 1.54) is 0 Å². The number of carbonyl (C=O) groups excluding carboxylic acids is 2. The van der Waals surface area contributed by atoms with Crippen molar-refractivity contribution in [2.24, 2.45) is 11.8 Å². The number of nitrogens with one attached hydrogen (secondary N) is 3. The van der Waals surface area contributed by atoms with Crippen LogP contribution in [0, 0.1) is 11.8 Å². The van der Waals surface area contributed by atoms with Gasteiger partial charge in [0.2, 0.25) is 5.91 Å². The molecule has 1 fully saturated rings. The molecule has 2 atom stereocenters. The van der Waals surface area contributed by atoms with Crippen molar-refractivity contribution >= 4 is 35.0 Å². The number of carboxylic acids is 1. The third-order valence-corrected chi connectivity index (χ3v) is 4.57. The van der Waals surface area contributed by atoms with Crippen LogP contribution in [0.2, 0.25) is 0 Å². The van der Waals surface area contributed by atoms with Crippen molar-refractivity contribution in [2.75, 3.05) is 16.0 Å². The first-order valence-corrected chi connectivity index (χ1v) is 8.78. The molecule has 1 aliphatic carbocycles. The molecular weight excluding hydrogens is 346 g/mol. The highest BCUT2D eigenvalue weighted by atomic mass is 16.4.